The Bertz CT molecular complexity index is 400. The molecule has 20 heavy (non-hydrogen) atoms. The van der Waals surface area contributed by atoms with Gasteiger partial charge in [-0.3, -0.25) is 4.79 Å². The van der Waals surface area contributed by atoms with Gasteiger partial charge in [-0.25, -0.2) is 0 Å². The van der Waals surface area contributed by atoms with Gasteiger partial charge in [-0.2, -0.15) is 0 Å². The lowest BCUT2D eigenvalue weighted by atomic mass is 10.2. The van der Waals surface area contributed by atoms with Gasteiger partial charge in [0.05, 0.1) is 12.6 Å². The fraction of sp³-hybridized carbons (Fsp3) is 0.533. The zero-order chi connectivity index (χ0) is 15.0. The second kappa shape index (κ2) is 8.68. The van der Waals surface area contributed by atoms with E-state index >= 15 is 0 Å². The van der Waals surface area contributed by atoms with Gasteiger partial charge < -0.3 is 20.5 Å². The van der Waals surface area contributed by atoms with Gasteiger partial charge in [0.25, 0.3) is 0 Å². The molecular formula is C15H24N2O3. The number of benzene rings is 1. The molecule has 0 saturated heterocycles. The van der Waals surface area contributed by atoms with Crippen molar-refractivity contribution in [3.8, 4) is 0 Å². The van der Waals surface area contributed by atoms with Gasteiger partial charge in [-0.15, -0.1) is 0 Å². The van der Waals surface area contributed by atoms with Crippen LogP contribution >= 0.6 is 0 Å². The number of rotatable bonds is 8. The molecule has 0 heterocycles. The van der Waals surface area contributed by atoms with Crippen LogP contribution in [0.3, 0.4) is 0 Å². The molecule has 1 aromatic rings. The minimum absolute atomic E-state index is 0.0382. The summed E-state index contributed by atoms with van der Waals surface area (Å²) < 4.78 is 5.06. The van der Waals surface area contributed by atoms with Crippen LogP contribution in [0, 0.1) is 6.92 Å². The van der Waals surface area contributed by atoms with Gasteiger partial charge in [0.15, 0.2) is 0 Å². The van der Waals surface area contributed by atoms with E-state index in [1.165, 1.54) is 0 Å². The standard InChI is InChI=1S/C15H24N2O3/c1-11-4-6-13(7-5-11)17-15(19)12(2)16-14(8-9-18)10-20-3/h4-7,12,14,16,18H,8-10H2,1-3H3,(H,17,19). The summed E-state index contributed by atoms with van der Waals surface area (Å²) >= 11 is 0. The van der Waals surface area contributed by atoms with E-state index < -0.39 is 0 Å². The number of aryl methyl sites for hydroxylation is 1. The van der Waals surface area contributed by atoms with E-state index in [0.717, 1.165) is 11.3 Å². The molecule has 3 N–H and O–H groups in total. The van der Waals surface area contributed by atoms with Crippen molar-refractivity contribution in [2.24, 2.45) is 0 Å². The topological polar surface area (TPSA) is 70.6 Å². The van der Waals surface area contributed by atoms with E-state index in [9.17, 15) is 4.79 Å². The summed E-state index contributed by atoms with van der Waals surface area (Å²) in [4.78, 5) is 12.1. The number of hydrogen-bond acceptors (Lipinski definition) is 4. The number of carbonyl (C=O) groups excluding carboxylic acids is 1. The average molecular weight is 280 g/mol. The molecule has 0 fully saturated rings. The molecule has 0 spiro atoms. The summed E-state index contributed by atoms with van der Waals surface area (Å²) in [6, 6.07) is 7.26. The van der Waals surface area contributed by atoms with Crippen LogP contribution in [0.4, 0.5) is 5.69 Å². The maximum atomic E-state index is 12.1. The third kappa shape index (κ3) is 5.69. The molecule has 0 aromatic heterocycles. The highest BCUT2D eigenvalue weighted by atomic mass is 16.5. The summed E-state index contributed by atoms with van der Waals surface area (Å²) in [6.45, 7) is 4.32. The fourth-order valence-corrected chi connectivity index (χ4v) is 1.89. The predicted molar refractivity (Wildman–Crippen MR) is 79.8 cm³/mol. The van der Waals surface area contributed by atoms with E-state index in [0.29, 0.717) is 13.0 Å². The molecular weight excluding hydrogens is 256 g/mol. The Morgan fingerprint density at radius 3 is 2.55 bits per heavy atom. The number of anilines is 1. The summed E-state index contributed by atoms with van der Waals surface area (Å²) in [5.41, 5.74) is 1.93. The van der Waals surface area contributed by atoms with Gasteiger partial charge in [0.1, 0.15) is 0 Å². The molecule has 1 aromatic carbocycles. The number of ether oxygens (including phenoxy) is 1. The molecule has 0 radical (unpaired) electrons. The van der Waals surface area contributed by atoms with Crippen LogP contribution in [-0.2, 0) is 9.53 Å². The Morgan fingerprint density at radius 1 is 1.35 bits per heavy atom. The van der Waals surface area contributed by atoms with Crippen molar-refractivity contribution in [3.63, 3.8) is 0 Å². The third-order valence-corrected chi connectivity index (χ3v) is 3.04. The highest BCUT2D eigenvalue weighted by Gasteiger charge is 2.17. The molecule has 5 nitrogen and oxygen atoms in total. The lowest BCUT2D eigenvalue weighted by Gasteiger charge is -2.21. The second-order valence-corrected chi connectivity index (χ2v) is 4.91. The zero-order valence-electron chi connectivity index (χ0n) is 12.3. The van der Waals surface area contributed by atoms with Gasteiger partial charge in [-0.05, 0) is 32.4 Å². The molecule has 2 unspecified atom stereocenters. The smallest absolute Gasteiger partial charge is 0.241 e. The first-order chi connectivity index (χ1) is 9.56. The summed E-state index contributed by atoms with van der Waals surface area (Å²) in [5.74, 6) is -0.104. The lowest BCUT2D eigenvalue weighted by molar-refractivity contribution is -0.118. The first-order valence-corrected chi connectivity index (χ1v) is 6.80. The highest BCUT2D eigenvalue weighted by molar-refractivity contribution is 5.94. The normalized spacial score (nSPS) is 13.8. The Hall–Kier alpha value is -1.43. The summed E-state index contributed by atoms with van der Waals surface area (Å²) in [7, 11) is 1.60. The summed E-state index contributed by atoms with van der Waals surface area (Å²) in [5, 5.41) is 15.0. The van der Waals surface area contributed by atoms with Crippen molar-refractivity contribution in [2.75, 3.05) is 25.6 Å². The van der Waals surface area contributed by atoms with Gasteiger partial charge in [0.2, 0.25) is 5.91 Å². The lowest BCUT2D eigenvalue weighted by Crippen LogP contribution is -2.46. The third-order valence-electron chi connectivity index (χ3n) is 3.04. The van der Waals surface area contributed by atoms with Crippen molar-refractivity contribution in [1.82, 2.24) is 5.32 Å². The number of nitrogens with one attached hydrogen (secondary N) is 2. The molecule has 1 rings (SSSR count). The molecule has 0 bridgehead atoms. The Kier molecular flexibility index (Phi) is 7.22. The van der Waals surface area contributed by atoms with Crippen LogP contribution in [0.15, 0.2) is 24.3 Å². The van der Waals surface area contributed by atoms with Gasteiger partial charge >= 0.3 is 0 Å². The van der Waals surface area contributed by atoms with E-state index in [2.05, 4.69) is 10.6 Å². The molecule has 0 aliphatic rings. The largest absolute Gasteiger partial charge is 0.396 e. The molecule has 5 heteroatoms. The number of methoxy groups -OCH3 is 1. The van der Waals surface area contributed by atoms with Crippen LogP contribution < -0.4 is 10.6 Å². The van der Waals surface area contributed by atoms with Crippen LogP contribution in [0.5, 0.6) is 0 Å². The van der Waals surface area contributed by atoms with Crippen LogP contribution in [0.1, 0.15) is 18.9 Å². The van der Waals surface area contributed by atoms with Crippen molar-refractivity contribution in [1.29, 1.82) is 0 Å². The maximum absolute atomic E-state index is 12.1. The van der Waals surface area contributed by atoms with Gasteiger partial charge in [0, 0.05) is 25.4 Å². The molecule has 1 amide bonds. The van der Waals surface area contributed by atoms with E-state index in [4.69, 9.17) is 9.84 Å². The Balaban J connectivity index is 2.50. The first kappa shape index (κ1) is 16.6. The van der Waals surface area contributed by atoms with Crippen LogP contribution in [0.2, 0.25) is 0 Å². The summed E-state index contributed by atoms with van der Waals surface area (Å²) in [6.07, 6.45) is 0.552. The number of amides is 1. The Labute approximate surface area is 120 Å². The van der Waals surface area contributed by atoms with Crippen LogP contribution in [-0.4, -0.2) is 43.4 Å². The maximum Gasteiger partial charge on any atom is 0.241 e. The fourth-order valence-electron chi connectivity index (χ4n) is 1.89. The van der Waals surface area contributed by atoms with E-state index in [1.54, 1.807) is 14.0 Å². The molecule has 0 aliphatic heterocycles. The molecule has 112 valence electrons. The highest BCUT2D eigenvalue weighted by Crippen LogP contribution is 2.09. The average Bonchev–Trinajstić information content (AvgIpc) is 2.42. The number of aliphatic hydroxyl groups is 1. The number of hydrogen-bond donors (Lipinski definition) is 3. The minimum Gasteiger partial charge on any atom is -0.396 e. The van der Waals surface area contributed by atoms with Crippen molar-refractivity contribution in [3.05, 3.63) is 29.8 Å². The zero-order valence-corrected chi connectivity index (χ0v) is 12.3. The van der Waals surface area contributed by atoms with Crippen molar-refractivity contribution >= 4 is 11.6 Å². The minimum atomic E-state index is -0.358. The second-order valence-electron chi connectivity index (χ2n) is 4.91. The molecule has 0 saturated carbocycles. The van der Waals surface area contributed by atoms with Crippen molar-refractivity contribution < 1.29 is 14.6 Å². The van der Waals surface area contributed by atoms with Crippen molar-refractivity contribution in [2.45, 2.75) is 32.4 Å². The first-order valence-electron chi connectivity index (χ1n) is 6.80. The predicted octanol–water partition coefficient (Wildman–Crippen LogP) is 1.31. The van der Waals surface area contributed by atoms with E-state index in [-0.39, 0.29) is 24.6 Å². The molecule has 2 atom stereocenters. The monoisotopic (exact) mass is 280 g/mol. The SMILES string of the molecule is COCC(CCO)NC(C)C(=O)Nc1ccc(C)cc1. The molecule has 0 aliphatic carbocycles. The van der Waals surface area contributed by atoms with Crippen LogP contribution in [0.25, 0.3) is 0 Å². The number of carbonyl (C=O) groups is 1. The van der Waals surface area contributed by atoms with Gasteiger partial charge in [-0.1, -0.05) is 17.7 Å². The quantitative estimate of drug-likeness (QED) is 0.671. The number of aliphatic hydroxyl groups excluding tert-OH is 1. The Morgan fingerprint density at radius 2 is 2.00 bits per heavy atom. The van der Waals surface area contributed by atoms with E-state index in [1.807, 2.05) is 31.2 Å².